The minimum Gasteiger partial charge on any atom is -2.00 e. The first-order valence-electron chi connectivity index (χ1n) is 13.5. The maximum Gasteiger partial charge on any atom is 4.00 e. The van der Waals surface area contributed by atoms with E-state index in [1.165, 1.54) is 46.3 Å². The SMILES string of the molecule is C1CNCCNCCCNCCNC1.C1CNCCNCCCNCCNC1.O.O=O.[Cr+4].[Cr+4].[Cr+4].[Cr+4].[N-]=C=S.[N-]=C=S.[N-]=C=S.[N-]=C=S.[O-2].[O-2].[O-2].[O-2].[O-2].[O-2]. The summed E-state index contributed by atoms with van der Waals surface area (Å²) < 4.78 is 0. The zero-order valence-corrected chi connectivity index (χ0v) is 37.3. The molecule has 0 aliphatic carbocycles. The van der Waals surface area contributed by atoms with Crippen LogP contribution >= 0.6 is 48.9 Å². The fraction of sp³-hybridized carbons (Fsp3) is 0.833. The molecule has 0 aromatic carbocycles. The van der Waals surface area contributed by atoms with Crippen LogP contribution in [-0.4, -0.2) is 131 Å². The molecule has 0 bridgehead atoms. The van der Waals surface area contributed by atoms with Crippen LogP contribution in [0.25, 0.3) is 21.6 Å². The zero-order chi connectivity index (χ0) is 32.6. The minimum atomic E-state index is 0. The van der Waals surface area contributed by atoms with Crippen LogP contribution in [-0.2, 0) is 102 Å². The molecule has 2 aliphatic heterocycles. The van der Waals surface area contributed by atoms with E-state index in [0.29, 0.717) is 0 Å². The molecule has 0 radical (unpaired) electrons. The molecule has 2 rings (SSSR count). The summed E-state index contributed by atoms with van der Waals surface area (Å²) in [7, 11) is 0. The molecule has 53 heavy (non-hydrogen) atoms. The van der Waals surface area contributed by atoms with Crippen molar-refractivity contribution >= 4 is 69.5 Å². The summed E-state index contributed by atoms with van der Waals surface area (Å²) in [5.74, 6) is 0. The first-order valence-corrected chi connectivity index (χ1v) is 15.2. The maximum atomic E-state index is 7.13. The van der Waals surface area contributed by atoms with Gasteiger partial charge in [0.1, 0.15) is 0 Å². The van der Waals surface area contributed by atoms with Crippen molar-refractivity contribution in [2.75, 3.05) is 105 Å². The molecule has 29 heteroatoms. The van der Waals surface area contributed by atoms with E-state index >= 15 is 0 Å². The summed E-state index contributed by atoms with van der Waals surface area (Å²) in [6, 6.07) is 0. The number of nitrogens with zero attached hydrogens (tertiary/aromatic N) is 4. The summed E-state index contributed by atoms with van der Waals surface area (Å²) in [5.41, 5.74) is 0. The van der Waals surface area contributed by atoms with Gasteiger partial charge in [0.05, 0.1) is 0 Å². The molecule has 0 spiro atoms. The molecule has 0 aromatic heterocycles. The predicted molar refractivity (Wildman–Crippen MR) is 200 cm³/mol. The topological polar surface area (TPSA) is 422 Å². The van der Waals surface area contributed by atoms with Gasteiger partial charge in [-0.1, -0.05) is 48.9 Å². The Labute approximate surface area is 379 Å². The number of hydrogen-bond donors (Lipinski definition) is 8. The van der Waals surface area contributed by atoms with Gasteiger partial charge in [0.15, 0.2) is 0 Å². The second-order valence-corrected chi connectivity index (χ2v) is 8.51. The van der Waals surface area contributed by atoms with Crippen LogP contribution in [0.5, 0.6) is 0 Å². The van der Waals surface area contributed by atoms with Gasteiger partial charge < -0.3 is 103 Å². The summed E-state index contributed by atoms with van der Waals surface area (Å²) in [6.45, 7) is 17.7. The third-order valence-corrected chi connectivity index (χ3v) is 4.74. The Hall–Kier alpha value is 0.330. The quantitative estimate of drug-likeness (QED) is 0.111. The van der Waals surface area contributed by atoms with Crippen LogP contribution < -0.4 is 42.5 Å². The van der Waals surface area contributed by atoms with Crippen molar-refractivity contribution in [3.8, 4) is 0 Å². The van der Waals surface area contributed by atoms with Crippen molar-refractivity contribution in [1.82, 2.24) is 42.5 Å². The van der Waals surface area contributed by atoms with Crippen molar-refractivity contribution in [2.24, 2.45) is 0 Å². The molecule has 0 amide bonds. The standard InChI is InChI=1S/2C10H24N4.4CNS.4Cr.O2.H2O.6O/c2*1-3-11-7-9-13-5-2-6-14-10-8-12-4-1;4*2-1-3;;;;;1-2;;;;;;;/h2*11-14H,1-10H2;;;;;;;;;;1H2;;;;;;/q;;4*-1;4*+4;;;6*-2. The van der Waals surface area contributed by atoms with Gasteiger partial charge in [-0.3, -0.25) is 0 Å². The molecule has 0 atom stereocenters. The van der Waals surface area contributed by atoms with Gasteiger partial charge in [0.25, 0.3) is 0 Å². The van der Waals surface area contributed by atoms with Gasteiger partial charge in [-0.15, -0.1) is 0 Å². The second kappa shape index (κ2) is 132. The summed E-state index contributed by atoms with van der Waals surface area (Å²) in [5, 5.41) is 61.2. The van der Waals surface area contributed by atoms with E-state index in [-0.39, 0.29) is 108 Å². The molecule has 10 N–H and O–H groups in total. The number of hydrogen-bond acceptors (Lipinski definition) is 14. The van der Waals surface area contributed by atoms with E-state index in [2.05, 4.69) is 91.4 Å². The van der Waals surface area contributed by atoms with Gasteiger partial charge in [-0.2, -0.15) is 20.6 Å². The summed E-state index contributed by atoms with van der Waals surface area (Å²) in [4.78, 5) is 14.0. The Bertz CT molecular complexity index is 491. The van der Waals surface area contributed by atoms with E-state index in [4.69, 9.17) is 31.6 Å². The monoisotopic (exact) mass is 986 g/mol. The predicted octanol–water partition coefficient (Wildman–Crippen LogP) is -0.569. The molecule has 2 fully saturated rings. The fourth-order valence-corrected chi connectivity index (χ4v) is 3.06. The number of rotatable bonds is 0. The number of thiocarbonyl (C=S) groups is 4. The van der Waals surface area contributed by atoms with Crippen LogP contribution in [0.15, 0.2) is 0 Å². The second-order valence-electron chi connectivity index (χ2n) is 7.78. The molecule has 0 aromatic rings. The molecule has 308 valence electrons. The molecule has 2 saturated heterocycles. The van der Waals surface area contributed by atoms with Crippen LogP contribution in [0.2, 0.25) is 0 Å². The van der Waals surface area contributed by atoms with Crippen molar-refractivity contribution in [2.45, 2.75) is 25.7 Å². The average molecular weight is 987 g/mol. The van der Waals surface area contributed by atoms with E-state index in [1.807, 2.05) is 0 Å². The smallest absolute Gasteiger partial charge is 2.00 e. The fourth-order valence-electron chi connectivity index (χ4n) is 3.06. The minimum absolute atomic E-state index is 0. The Kier molecular flexibility index (Phi) is 261. The van der Waals surface area contributed by atoms with Crippen molar-refractivity contribution in [1.29, 1.82) is 0 Å². The molecule has 0 saturated carbocycles. The third-order valence-electron chi connectivity index (χ3n) is 4.74. The van der Waals surface area contributed by atoms with Crippen molar-refractivity contribution in [3.05, 3.63) is 31.6 Å². The molecular formula is C24H50Cr4N12O9S4. The summed E-state index contributed by atoms with van der Waals surface area (Å²) >= 11 is 14.8. The Morgan fingerprint density at radius 1 is 0.302 bits per heavy atom. The van der Waals surface area contributed by atoms with Gasteiger partial charge in [0, 0.05) is 62.3 Å². The Morgan fingerprint density at radius 3 is 0.453 bits per heavy atom. The van der Waals surface area contributed by atoms with E-state index in [9.17, 15) is 0 Å². The van der Waals surface area contributed by atoms with Gasteiger partial charge in [0.2, 0.25) is 0 Å². The van der Waals surface area contributed by atoms with Crippen LogP contribution in [0.4, 0.5) is 0 Å². The molecule has 2 aliphatic rings. The van der Waals surface area contributed by atoms with E-state index in [0.717, 1.165) is 105 Å². The molecule has 0 unspecified atom stereocenters. The molecule has 2 heterocycles. The first kappa shape index (κ1) is 105. The van der Waals surface area contributed by atoms with Crippen molar-refractivity contribution < 1.29 is 108 Å². The largest absolute Gasteiger partial charge is 4.00 e. The van der Waals surface area contributed by atoms with Crippen LogP contribution in [0, 0.1) is 9.93 Å². The number of nitrogens with one attached hydrogen (secondary N) is 8. The van der Waals surface area contributed by atoms with Gasteiger partial charge in [-0.25, -0.2) is 0 Å². The third kappa shape index (κ3) is 165. The maximum absolute atomic E-state index is 7.13. The zero-order valence-electron chi connectivity index (χ0n) is 29.0. The van der Waals surface area contributed by atoms with E-state index in [1.54, 1.807) is 0 Å². The Balaban J connectivity index is -0.0000000237. The average Bonchev–Trinajstić information content (AvgIpc) is 2.99. The number of isothiocyanates is 4. The van der Waals surface area contributed by atoms with Gasteiger partial charge >= 0.3 is 69.4 Å². The Morgan fingerprint density at radius 2 is 0.377 bits per heavy atom. The van der Waals surface area contributed by atoms with Crippen molar-refractivity contribution in [3.63, 3.8) is 0 Å². The molecular weight excluding hydrogens is 937 g/mol. The first-order chi connectivity index (χ1) is 20.7. The van der Waals surface area contributed by atoms with Gasteiger partial charge in [-0.05, 0) is 78.0 Å². The summed E-state index contributed by atoms with van der Waals surface area (Å²) in [6.07, 6.45) is 4.89. The molecule has 21 nitrogen and oxygen atoms in total. The normalized spacial score (nSPS) is 13.4. The van der Waals surface area contributed by atoms with E-state index < -0.39 is 0 Å². The van der Waals surface area contributed by atoms with Crippen LogP contribution in [0.3, 0.4) is 0 Å². The van der Waals surface area contributed by atoms with Crippen LogP contribution in [0.1, 0.15) is 25.7 Å².